The topological polar surface area (TPSA) is 49.7 Å². The van der Waals surface area contributed by atoms with Gasteiger partial charge in [-0.15, -0.1) is 6.58 Å². The number of phenolic OH excluding ortho intramolecular Hbond substituents is 2. The average molecular weight is 294 g/mol. The summed E-state index contributed by atoms with van der Waals surface area (Å²) >= 11 is 0. The number of phenols is 2. The molecule has 0 bridgehead atoms. The second-order valence-corrected chi connectivity index (χ2v) is 5.40. The number of hydrogen-bond donors (Lipinski definition) is 2. The van der Waals surface area contributed by atoms with Crippen LogP contribution in [-0.4, -0.2) is 16.3 Å². The molecule has 2 aromatic rings. The Balaban J connectivity index is 2.17. The van der Waals surface area contributed by atoms with Crippen LogP contribution in [0.3, 0.4) is 0 Å². The van der Waals surface area contributed by atoms with Crippen LogP contribution in [0, 0.1) is 0 Å². The molecule has 1 aliphatic heterocycles. The van der Waals surface area contributed by atoms with E-state index in [4.69, 9.17) is 4.74 Å². The van der Waals surface area contributed by atoms with Crippen molar-refractivity contribution in [3.63, 3.8) is 0 Å². The summed E-state index contributed by atoms with van der Waals surface area (Å²) in [4.78, 5) is 0. The number of benzene rings is 2. The van der Waals surface area contributed by atoms with Crippen LogP contribution in [0.25, 0.3) is 11.1 Å². The van der Waals surface area contributed by atoms with Gasteiger partial charge in [0.2, 0.25) is 0 Å². The average Bonchev–Trinajstić information content (AvgIpc) is 2.49. The lowest BCUT2D eigenvalue weighted by Crippen LogP contribution is -2.23. The van der Waals surface area contributed by atoms with Crippen molar-refractivity contribution in [1.82, 2.24) is 0 Å². The first-order valence-corrected chi connectivity index (χ1v) is 7.21. The number of allylic oxidation sites excluding steroid dienone is 1. The first-order chi connectivity index (χ1) is 10.6. The minimum Gasteiger partial charge on any atom is -0.508 e. The molecule has 3 nitrogen and oxygen atoms in total. The van der Waals surface area contributed by atoms with Crippen molar-refractivity contribution in [1.29, 1.82) is 0 Å². The molecule has 2 N–H and O–H groups in total. The van der Waals surface area contributed by atoms with E-state index >= 15 is 0 Å². The molecule has 0 saturated heterocycles. The molecule has 0 aromatic heterocycles. The van der Waals surface area contributed by atoms with Crippen molar-refractivity contribution in [2.24, 2.45) is 0 Å². The van der Waals surface area contributed by atoms with Crippen LogP contribution in [0.5, 0.6) is 17.2 Å². The van der Waals surface area contributed by atoms with Gasteiger partial charge in [-0.25, -0.2) is 0 Å². The lowest BCUT2D eigenvalue weighted by molar-refractivity contribution is 0.256. The Morgan fingerprint density at radius 1 is 1.09 bits per heavy atom. The van der Waals surface area contributed by atoms with E-state index in [1.807, 2.05) is 24.3 Å². The predicted molar refractivity (Wildman–Crippen MR) is 87.9 cm³/mol. The molecule has 0 aliphatic carbocycles. The van der Waals surface area contributed by atoms with Crippen molar-refractivity contribution in [3.05, 3.63) is 66.2 Å². The van der Waals surface area contributed by atoms with Gasteiger partial charge in [-0.2, -0.15) is 0 Å². The molecule has 22 heavy (non-hydrogen) atoms. The van der Waals surface area contributed by atoms with E-state index in [0.717, 1.165) is 22.3 Å². The molecule has 3 rings (SSSR count). The molecule has 0 unspecified atom stereocenters. The maximum Gasteiger partial charge on any atom is 0.131 e. The van der Waals surface area contributed by atoms with Crippen molar-refractivity contribution < 1.29 is 14.9 Å². The summed E-state index contributed by atoms with van der Waals surface area (Å²) in [5, 5.41) is 19.1. The van der Waals surface area contributed by atoms with Crippen LogP contribution in [0.4, 0.5) is 0 Å². The first-order valence-electron chi connectivity index (χ1n) is 7.21. The molecule has 0 saturated carbocycles. The third-order valence-electron chi connectivity index (χ3n) is 3.92. The standard InChI is InChI=1S/C19H18O3/c1-3-4-17-19(13-5-7-14(20)8-6-13)12(2)16-10-9-15(21)11-18(16)22-17/h3,5-11,17,20-21H,1,4H2,2H3/t17-/m0/s1. The monoisotopic (exact) mass is 294 g/mol. The molecule has 3 heteroatoms. The number of fused-ring (bicyclic) bond motifs is 1. The van der Waals surface area contributed by atoms with Gasteiger partial charge in [-0.05, 0) is 42.3 Å². The largest absolute Gasteiger partial charge is 0.508 e. The maximum atomic E-state index is 9.66. The Morgan fingerprint density at radius 2 is 1.77 bits per heavy atom. The van der Waals surface area contributed by atoms with E-state index in [1.54, 1.807) is 24.3 Å². The molecular formula is C19H18O3. The highest BCUT2D eigenvalue weighted by atomic mass is 16.5. The van der Waals surface area contributed by atoms with E-state index in [-0.39, 0.29) is 17.6 Å². The van der Waals surface area contributed by atoms with E-state index in [1.165, 1.54) is 0 Å². The van der Waals surface area contributed by atoms with E-state index in [9.17, 15) is 10.2 Å². The van der Waals surface area contributed by atoms with Crippen LogP contribution in [0.15, 0.2) is 55.1 Å². The lowest BCUT2D eigenvalue weighted by atomic mass is 9.88. The molecule has 1 atom stereocenters. The van der Waals surface area contributed by atoms with Crippen molar-refractivity contribution >= 4 is 11.1 Å². The van der Waals surface area contributed by atoms with E-state index < -0.39 is 0 Å². The van der Waals surface area contributed by atoms with Gasteiger partial charge in [-0.1, -0.05) is 18.2 Å². The zero-order valence-electron chi connectivity index (χ0n) is 12.4. The molecule has 0 spiro atoms. The molecule has 0 fully saturated rings. The normalized spacial score (nSPS) is 16.9. The summed E-state index contributed by atoms with van der Waals surface area (Å²) < 4.78 is 6.07. The van der Waals surface area contributed by atoms with Gasteiger partial charge < -0.3 is 14.9 Å². The van der Waals surface area contributed by atoms with Crippen LogP contribution < -0.4 is 4.74 Å². The number of rotatable bonds is 3. The smallest absolute Gasteiger partial charge is 0.131 e. The fourth-order valence-electron chi connectivity index (χ4n) is 2.88. The molecule has 1 aliphatic rings. The molecule has 0 radical (unpaired) electrons. The van der Waals surface area contributed by atoms with Gasteiger partial charge in [0.15, 0.2) is 0 Å². The van der Waals surface area contributed by atoms with Crippen molar-refractivity contribution in [2.45, 2.75) is 19.4 Å². The quantitative estimate of drug-likeness (QED) is 0.827. The predicted octanol–water partition coefficient (Wildman–Crippen LogP) is 4.37. The fraction of sp³-hybridized carbons (Fsp3) is 0.158. The second-order valence-electron chi connectivity index (χ2n) is 5.40. The Morgan fingerprint density at radius 3 is 2.45 bits per heavy atom. The lowest BCUT2D eigenvalue weighted by Gasteiger charge is -2.30. The summed E-state index contributed by atoms with van der Waals surface area (Å²) in [6.45, 7) is 5.86. The third-order valence-corrected chi connectivity index (χ3v) is 3.92. The molecule has 2 aromatic carbocycles. The molecule has 0 amide bonds. The highest BCUT2D eigenvalue weighted by molar-refractivity contribution is 5.95. The summed E-state index contributed by atoms with van der Waals surface area (Å²) in [7, 11) is 0. The number of ether oxygens (including phenoxy) is 1. The Bertz CT molecular complexity index is 742. The highest BCUT2D eigenvalue weighted by Crippen LogP contribution is 2.42. The Labute approximate surface area is 129 Å². The van der Waals surface area contributed by atoms with Gasteiger partial charge >= 0.3 is 0 Å². The second kappa shape index (κ2) is 5.60. The zero-order valence-corrected chi connectivity index (χ0v) is 12.4. The number of aromatic hydroxyl groups is 2. The maximum absolute atomic E-state index is 9.66. The summed E-state index contributed by atoms with van der Waals surface area (Å²) in [6.07, 6.45) is 2.34. The SMILES string of the molecule is C=CC[C@@H]1Oc2cc(O)ccc2C(C)=C1c1ccc(O)cc1. The summed E-state index contributed by atoms with van der Waals surface area (Å²) in [5.74, 6) is 1.12. The molecule has 112 valence electrons. The van der Waals surface area contributed by atoms with Crippen LogP contribution in [0.1, 0.15) is 24.5 Å². The minimum absolute atomic E-state index is 0.156. The van der Waals surface area contributed by atoms with Crippen LogP contribution in [0.2, 0.25) is 0 Å². The van der Waals surface area contributed by atoms with Crippen LogP contribution in [-0.2, 0) is 0 Å². The summed E-state index contributed by atoms with van der Waals surface area (Å²) in [6, 6.07) is 12.3. The Kier molecular flexibility index (Phi) is 3.63. The number of hydrogen-bond acceptors (Lipinski definition) is 3. The first kappa shape index (κ1) is 14.3. The third kappa shape index (κ3) is 2.46. The fourth-order valence-corrected chi connectivity index (χ4v) is 2.88. The van der Waals surface area contributed by atoms with Gasteiger partial charge in [0.25, 0.3) is 0 Å². The Hall–Kier alpha value is -2.68. The summed E-state index contributed by atoms with van der Waals surface area (Å²) in [5.41, 5.74) is 4.18. The van der Waals surface area contributed by atoms with Crippen molar-refractivity contribution in [2.75, 3.05) is 0 Å². The highest BCUT2D eigenvalue weighted by Gasteiger charge is 2.27. The van der Waals surface area contributed by atoms with Crippen molar-refractivity contribution in [3.8, 4) is 17.2 Å². The van der Waals surface area contributed by atoms with Gasteiger partial charge in [0, 0.05) is 23.6 Å². The minimum atomic E-state index is -0.156. The zero-order chi connectivity index (χ0) is 15.7. The van der Waals surface area contributed by atoms with Gasteiger partial charge in [0.1, 0.15) is 23.4 Å². The molecular weight excluding hydrogens is 276 g/mol. The van der Waals surface area contributed by atoms with Gasteiger partial charge in [-0.3, -0.25) is 0 Å². The van der Waals surface area contributed by atoms with Gasteiger partial charge in [0.05, 0.1) is 0 Å². The van der Waals surface area contributed by atoms with E-state index in [2.05, 4.69) is 13.5 Å². The van der Waals surface area contributed by atoms with Crippen LogP contribution >= 0.6 is 0 Å². The van der Waals surface area contributed by atoms with E-state index in [0.29, 0.717) is 12.2 Å². The molecule has 1 heterocycles.